The average Bonchev–Trinajstić information content (AvgIpc) is 2.50. The summed E-state index contributed by atoms with van der Waals surface area (Å²) < 4.78 is 93.3. The van der Waals surface area contributed by atoms with E-state index < -0.39 is 130 Å². The molecule has 242 valence electrons. The Morgan fingerprint density at radius 3 is 0.707 bits per heavy atom. The summed E-state index contributed by atoms with van der Waals surface area (Å²) in [5.74, 6) is 0. The molecule has 0 aliphatic heterocycles. The molecule has 1 atom stereocenters. The van der Waals surface area contributed by atoms with Gasteiger partial charge in [0.25, 0.3) is 0 Å². The minimum atomic E-state index is -6.56. The Kier molecular flexibility index (Phi) is 14.4. The number of rotatable bonds is 15. The van der Waals surface area contributed by atoms with Crippen LogP contribution in [0.15, 0.2) is 0 Å². The van der Waals surface area contributed by atoms with Gasteiger partial charge in [-0.15, -0.1) is 0 Å². The van der Waals surface area contributed by atoms with Crippen LogP contribution in [0.3, 0.4) is 0 Å². The molecule has 1 unspecified atom stereocenters. The van der Waals surface area contributed by atoms with E-state index in [0.717, 1.165) is 0 Å². The molecule has 41 heavy (non-hydrogen) atoms. The van der Waals surface area contributed by atoms with Crippen LogP contribution in [0.2, 0.25) is 0 Å². The van der Waals surface area contributed by atoms with Gasteiger partial charge in [0.2, 0.25) is 0 Å². The monoisotopic (exact) mass is 778 g/mol. The van der Waals surface area contributed by atoms with E-state index in [1.165, 1.54) is 0 Å². The van der Waals surface area contributed by atoms with Crippen LogP contribution in [0, 0.1) is 0 Å². The molecule has 0 bridgehead atoms. The molecule has 0 saturated carbocycles. The first-order chi connectivity index (χ1) is 17.4. The molecule has 0 aromatic heterocycles. The van der Waals surface area contributed by atoms with Crippen LogP contribution >= 0.6 is 60.8 Å². The van der Waals surface area contributed by atoms with Gasteiger partial charge in [0.1, 0.15) is 0 Å². The van der Waals surface area contributed by atoms with Gasteiger partial charge in [-0.1, -0.05) is 0 Å². The second-order valence-electron chi connectivity index (χ2n) is 8.09. The zero-order valence-corrected chi connectivity index (χ0v) is 28.6. The van der Waals surface area contributed by atoms with Gasteiger partial charge in [0, 0.05) is 0 Å². The third-order valence-corrected chi connectivity index (χ3v) is 19.8. The fourth-order valence-corrected chi connectivity index (χ4v) is 18.0. The summed E-state index contributed by atoms with van der Waals surface area (Å²) in [7, 11) is -52.4. The van der Waals surface area contributed by atoms with Crippen molar-refractivity contribution in [1.29, 1.82) is 0 Å². The van der Waals surface area contributed by atoms with Crippen molar-refractivity contribution in [3.05, 3.63) is 0 Å². The van der Waals surface area contributed by atoms with Crippen molar-refractivity contribution in [2.45, 2.75) is 25.4 Å². The first kappa shape index (κ1) is 43.1. The normalized spacial score (nSPS) is 16.6. The topological polar surface area (TPSA) is 467 Å². The number of hydrogen-bond acceptors (Lipinski definition) is 10. The summed E-state index contributed by atoms with van der Waals surface area (Å²) in [5, 5.41) is 0. The average molecular weight is 778 g/mol. The van der Waals surface area contributed by atoms with Gasteiger partial charge in [-0.25, -0.2) is 0 Å². The van der Waals surface area contributed by atoms with Gasteiger partial charge in [-0.05, 0) is 0 Å². The first-order valence-corrected chi connectivity index (χ1v) is 23.9. The predicted octanol–water partition coefficient (Wildman–Crippen LogP) is -4.36. The summed E-state index contributed by atoms with van der Waals surface area (Å²) in [5.41, 5.74) is -15.9. The van der Waals surface area contributed by atoms with Crippen molar-refractivity contribution in [3.63, 3.8) is 0 Å². The van der Waals surface area contributed by atoms with Gasteiger partial charge in [0.15, 0.2) is 0 Å². The Hall–Kier alpha value is 2.12. The predicted molar refractivity (Wildman–Crippen MR) is 130 cm³/mol. The Bertz CT molecular complexity index is 1150. The van der Waals surface area contributed by atoms with E-state index in [0.29, 0.717) is 0 Å². The van der Waals surface area contributed by atoms with Crippen LogP contribution in [0.1, 0.15) is 0 Å². The van der Waals surface area contributed by atoms with E-state index in [9.17, 15) is 115 Å². The second kappa shape index (κ2) is 13.7. The van der Waals surface area contributed by atoms with Crippen LogP contribution in [-0.4, -0.2) is 148 Å². The zero-order chi connectivity index (χ0) is 33.7. The molecule has 0 aliphatic rings. The van der Waals surface area contributed by atoms with Gasteiger partial charge in [0.05, 0.1) is 0 Å². The van der Waals surface area contributed by atoms with Crippen molar-refractivity contribution in [2.75, 3.05) is 6.54 Å². The molecule has 0 heterocycles. The molecule has 0 aromatic carbocycles. The Morgan fingerprint density at radius 1 is 0.390 bits per heavy atom. The SMILES string of the molecule is O=P(O)(O)C(N(C[CH]([Na])N(C(P(=O)(O)O)P(=O)(O)O)C(P(=O)(O)O)P(=O)(O)O)C(P(=O)(O)O)P(=O)(O)O)P(=O)(O)O. The van der Waals surface area contributed by atoms with Crippen molar-refractivity contribution < 1.29 is 115 Å². The number of nitrogens with zero attached hydrogens (tertiary/aromatic N) is 2. The zero-order valence-electron chi connectivity index (χ0n) is 19.5. The van der Waals surface area contributed by atoms with E-state index in [1.54, 1.807) is 0 Å². The third-order valence-electron chi connectivity index (χ3n) is 4.52. The van der Waals surface area contributed by atoms with Crippen LogP contribution in [0.25, 0.3) is 0 Å². The fraction of sp³-hybridized carbons (Fsp3) is 1.00. The van der Waals surface area contributed by atoms with Crippen LogP contribution in [0.4, 0.5) is 0 Å². The maximum absolute atomic E-state index is 12.0. The Morgan fingerprint density at radius 2 is 0.561 bits per heavy atom. The summed E-state index contributed by atoms with van der Waals surface area (Å²) >= 11 is -1.26. The third kappa shape index (κ3) is 12.3. The van der Waals surface area contributed by atoms with E-state index in [4.69, 9.17) is 0 Å². The van der Waals surface area contributed by atoms with Crippen molar-refractivity contribution >= 4 is 88.7 Å². The van der Waals surface area contributed by atoms with Crippen LogP contribution < -0.4 is 0 Å². The van der Waals surface area contributed by atoms with E-state index in [1.807, 2.05) is 0 Å². The quantitative estimate of drug-likeness (QED) is 0.0551. The first-order valence-electron chi connectivity index (χ1n) is 9.32. The summed E-state index contributed by atoms with van der Waals surface area (Å²) in [6, 6.07) is 0. The van der Waals surface area contributed by atoms with Crippen LogP contribution in [-0.2, 0) is 36.5 Å². The molecular weight excluding hydrogens is 755 g/mol. The molecule has 16 N–H and O–H groups in total. The van der Waals surface area contributed by atoms with E-state index >= 15 is 0 Å². The van der Waals surface area contributed by atoms with Crippen molar-refractivity contribution in [3.8, 4) is 0 Å². The molecule has 0 spiro atoms. The summed E-state index contributed by atoms with van der Waals surface area (Å²) in [6.07, 6.45) is 0. The van der Waals surface area contributed by atoms with Gasteiger partial charge in [-0.3, -0.25) is 0 Å². The maximum atomic E-state index is 12.0. The van der Waals surface area contributed by atoms with E-state index in [2.05, 4.69) is 0 Å². The van der Waals surface area contributed by atoms with E-state index in [-0.39, 0.29) is 0 Å². The molecule has 0 aromatic rings. The molecule has 0 amide bonds. The van der Waals surface area contributed by atoms with Gasteiger partial charge < -0.3 is 0 Å². The Labute approximate surface area is 244 Å². The summed E-state index contributed by atoms with van der Waals surface area (Å²) in [6.45, 7) is -2.22. The molecule has 0 fully saturated rings. The molecule has 26 nitrogen and oxygen atoms in total. The molecule has 35 heteroatoms. The van der Waals surface area contributed by atoms with Gasteiger partial charge in [-0.2, -0.15) is 0 Å². The van der Waals surface area contributed by atoms with Crippen LogP contribution in [0.5, 0.6) is 0 Å². The molecular formula is C6H23N2NaO24P8. The standard InChI is InChI=1S/C6H23N2O24P8.Na/c9-33(10,11)3(34(12,13)14)7(4(35(15,16)17)36(18,19)20)1-2-8(5(37(21,22)23)38(24,25)26)6(39(27,28)29)40(30,31)32;/h1,3-6H,2H2,(H2,9,10,11)(H2,12,13,14)(H2,15,16,17)(H2,18,19,20)(H2,21,22,23)(H2,24,25,26)(H2,27,28,29)(H2,30,31,32);. The van der Waals surface area contributed by atoms with Crippen molar-refractivity contribution in [1.82, 2.24) is 9.80 Å². The second-order valence-corrected chi connectivity index (χ2v) is 24.4. The minimum absolute atomic E-state index is 0.977. The van der Waals surface area contributed by atoms with Gasteiger partial charge >= 0.3 is 245 Å². The number of hydrogen-bond donors (Lipinski definition) is 16. The molecule has 0 rings (SSSR count). The van der Waals surface area contributed by atoms with Crippen molar-refractivity contribution in [2.24, 2.45) is 0 Å². The molecule has 0 radical (unpaired) electrons. The molecule has 0 saturated heterocycles. The molecule has 0 aliphatic carbocycles. The summed E-state index contributed by atoms with van der Waals surface area (Å²) in [4.78, 5) is 151. The fourth-order valence-electron chi connectivity index (χ4n) is 3.53. The Balaban J connectivity index is 8.05.